The number of nitrogens with one attached hydrogen (secondary N) is 1. The molecule has 10 nitrogen and oxygen atoms in total. The molecule has 0 saturated carbocycles. The average molecular weight is 400 g/mol. The summed E-state index contributed by atoms with van der Waals surface area (Å²) in [6.07, 6.45) is 1.44. The first-order valence-corrected chi connectivity index (χ1v) is 9.32. The molecule has 0 fully saturated rings. The van der Waals surface area contributed by atoms with Gasteiger partial charge in [0.05, 0.1) is 5.52 Å². The summed E-state index contributed by atoms with van der Waals surface area (Å²) in [5.41, 5.74) is 1.09. The van der Waals surface area contributed by atoms with Gasteiger partial charge in [-0.2, -0.15) is 9.50 Å². The highest BCUT2D eigenvalue weighted by molar-refractivity contribution is 5.93. The summed E-state index contributed by atoms with van der Waals surface area (Å²) < 4.78 is 6.86. The van der Waals surface area contributed by atoms with Crippen molar-refractivity contribution in [1.82, 2.24) is 34.7 Å². The normalized spacial score (nSPS) is 11.4. The topological polar surface area (TPSA) is 124 Å². The lowest BCUT2D eigenvalue weighted by Gasteiger charge is -2.07. The molecule has 0 aliphatic heterocycles. The zero-order valence-corrected chi connectivity index (χ0v) is 16.1. The third-order valence-electron chi connectivity index (χ3n) is 4.46. The van der Waals surface area contributed by atoms with E-state index in [4.69, 9.17) is 4.52 Å². The summed E-state index contributed by atoms with van der Waals surface area (Å²) in [6.45, 7) is 3.94. The minimum atomic E-state index is -0.415. The van der Waals surface area contributed by atoms with Crippen molar-refractivity contribution in [1.29, 1.82) is 0 Å². The van der Waals surface area contributed by atoms with Gasteiger partial charge in [0.25, 0.3) is 11.4 Å². The first-order valence-electron chi connectivity index (χ1n) is 9.32. The second-order valence-corrected chi connectivity index (χ2v) is 6.91. The number of para-hydroxylation sites is 1. The molecule has 0 saturated heterocycles. The summed E-state index contributed by atoms with van der Waals surface area (Å²) >= 11 is 0. The van der Waals surface area contributed by atoms with Gasteiger partial charge in [0.15, 0.2) is 11.5 Å². The quantitative estimate of drug-likeness (QED) is 0.485. The Morgan fingerprint density at radius 1 is 1.03 bits per heavy atom. The lowest BCUT2D eigenvalue weighted by atomic mass is 10.2. The van der Waals surface area contributed by atoms with E-state index in [1.54, 1.807) is 18.2 Å². The summed E-state index contributed by atoms with van der Waals surface area (Å²) in [5.74, 6) is 1.49. The molecule has 0 aliphatic rings. The standard InChI is InChI=1S/C20H16N8O2/c1-11(2)15-25-19(30-27-15)16-24-17-12-7-3-4-8-13(12)22-20(28(17)26-16)23-14-9-5-6-10-21-18(14)29/h3-11H,1-2H3,(H,21,22,23,29). The molecule has 5 aromatic rings. The van der Waals surface area contributed by atoms with E-state index in [0.717, 1.165) is 5.39 Å². The van der Waals surface area contributed by atoms with Crippen LogP contribution in [0.15, 0.2) is 58.0 Å². The van der Waals surface area contributed by atoms with Gasteiger partial charge in [0.1, 0.15) is 5.69 Å². The second kappa shape index (κ2) is 6.99. The SMILES string of the molecule is CC(C)c1noc(-c2nc3c4ccccc4nc(Nc4ccccnc4=O)n3n2)n1. The van der Waals surface area contributed by atoms with E-state index in [0.29, 0.717) is 22.9 Å². The number of nitrogens with zero attached hydrogens (tertiary/aromatic N) is 7. The van der Waals surface area contributed by atoms with Crippen molar-refractivity contribution in [3.63, 3.8) is 0 Å². The van der Waals surface area contributed by atoms with Crippen LogP contribution >= 0.6 is 0 Å². The van der Waals surface area contributed by atoms with Gasteiger partial charge in [0.2, 0.25) is 11.8 Å². The zero-order chi connectivity index (χ0) is 20.7. The third kappa shape index (κ3) is 3.04. The van der Waals surface area contributed by atoms with Crippen LogP contribution in [-0.2, 0) is 0 Å². The fourth-order valence-electron chi connectivity index (χ4n) is 2.96. The largest absolute Gasteiger partial charge is 0.330 e. The fourth-order valence-corrected chi connectivity index (χ4v) is 2.96. The number of hydrogen-bond donors (Lipinski definition) is 1. The third-order valence-corrected chi connectivity index (χ3v) is 4.46. The summed E-state index contributed by atoms with van der Waals surface area (Å²) in [5, 5.41) is 12.3. The van der Waals surface area contributed by atoms with E-state index in [1.165, 1.54) is 10.7 Å². The maximum atomic E-state index is 12.2. The van der Waals surface area contributed by atoms with Crippen LogP contribution in [0, 0.1) is 0 Å². The second-order valence-electron chi connectivity index (χ2n) is 6.91. The highest BCUT2D eigenvalue weighted by atomic mass is 16.5. The van der Waals surface area contributed by atoms with Crippen LogP contribution in [-0.4, -0.2) is 34.7 Å². The molecule has 0 unspecified atom stereocenters. The van der Waals surface area contributed by atoms with Crippen molar-refractivity contribution in [2.45, 2.75) is 19.8 Å². The molecule has 10 heteroatoms. The zero-order valence-electron chi connectivity index (χ0n) is 16.1. The molecule has 0 aliphatic carbocycles. The lowest BCUT2D eigenvalue weighted by molar-refractivity contribution is 0.417. The highest BCUT2D eigenvalue weighted by Gasteiger charge is 2.20. The molecule has 0 spiro atoms. The predicted molar refractivity (Wildman–Crippen MR) is 109 cm³/mol. The molecule has 4 aromatic heterocycles. The van der Waals surface area contributed by atoms with Gasteiger partial charge in [-0.25, -0.2) is 15.0 Å². The van der Waals surface area contributed by atoms with Crippen LogP contribution in [0.25, 0.3) is 28.3 Å². The van der Waals surface area contributed by atoms with E-state index in [2.05, 4.69) is 35.5 Å². The van der Waals surface area contributed by atoms with Crippen LogP contribution in [0.5, 0.6) is 0 Å². The highest BCUT2D eigenvalue weighted by Crippen LogP contribution is 2.25. The van der Waals surface area contributed by atoms with Crippen LogP contribution < -0.4 is 10.9 Å². The summed E-state index contributed by atoms with van der Waals surface area (Å²) in [7, 11) is 0. The Morgan fingerprint density at radius 3 is 2.70 bits per heavy atom. The average Bonchev–Trinajstić information content (AvgIpc) is 3.36. The number of aromatic nitrogens is 7. The van der Waals surface area contributed by atoms with E-state index in [1.807, 2.05) is 38.1 Å². The number of anilines is 2. The van der Waals surface area contributed by atoms with E-state index in [9.17, 15) is 4.79 Å². The van der Waals surface area contributed by atoms with Crippen LogP contribution in [0.4, 0.5) is 11.6 Å². The van der Waals surface area contributed by atoms with Gasteiger partial charge in [-0.1, -0.05) is 37.2 Å². The van der Waals surface area contributed by atoms with E-state index < -0.39 is 5.56 Å². The first kappa shape index (κ1) is 17.9. The number of rotatable bonds is 4. The minimum Gasteiger partial charge on any atom is -0.330 e. The molecule has 30 heavy (non-hydrogen) atoms. The van der Waals surface area contributed by atoms with Crippen molar-refractivity contribution in [3.05, 3.63) is 64.8 Å². The van der Waals surface area contributed by atoms with E-state index >= 15 is 0 Å². The Hall–Kier alpha value is -4.21. The monoisotopic (exact) mass is 400 g/mol. The summed E-state index contributed by atoms with van der Waals surface area (Å²) in [6, 6.07) is 12.5. The summed E-state index contributed by atoms with van der Waals surface area (Å²) in [4.78, 5) is 29.7. The number of fused-ring (bicyclic) bond motifs is 3. The molecule has 0 radical (unpaired) electrons. The Balaban J connectivity index is 1.72. The van der Waals surface area contributed by atoms with Gasteiger partial charge in [-0.3, -0.25) is 4.79 Å². The van der Waals surface area contributed by atoms with Crippen LogP contribution in [0.2, 0.25) is 0 Å². The Bertz CT molecular complexity index is 1440. The van der Waals surface area contributed by atoms with Gasteiger partial charge < -0.3 is 9.84 Å². The molecule has 1 N–H and O–H groups in total. The van der Waals surface area contributed by atoms with Crippen molar-refractivity contribution < 1.29 is 4.52 Å². The smallest absolute Gasteiger partial charge is 0.297 e. The van der Waals surface area contributed by atoms with Crippen molar-refractivity contribution in [2.24, 2.45) is 0 Å². The molecule has 5 rings (SSSR count). The molecule has 1 aromatic carbocycles. The molecule has 148 valence electrons. The van der Waals surface area contributed by atoms with Gasteiger partial charge in [-0.05, 0) is 24.3 Å². The lowest BCUT2D eigenvalue weighted by Crippen LogP contribution is -2.11. The Morgan fingerprint density at radius 2 is 1.87 bits per heavy atom. The van der Waals surface area contributed by atoms with Gasteiger partial charge >= 0.3 is 0 Å². The Kier molecular flexibility index (Phi) is 4.16. The predicted octanol–water partition coefficient (Wildman–Crippen LogP) is 2.95. The van der Waals surface area contributed by atoms with Crippen molar-refractivity contribution in [3.8, 4) is 11.7 Å². The van der Waals surface area contributed by atoms with Crippen LogP contribution in [0.1, 0.15) is 25.6 Å². The van der Waals surface area contributed by atoms with Crippen LogP contribution in [0.3, 0.4) is 0 Å². The van der Waals surface area contributed by atoms with E-state index in [-0.39, 0.29) is 23.3 Å². The molecular formula is C20H16N8O2. The Labute approximate surface area is 169 Å². The minimum absolute atomic E-state index is 0.112. The molecule has 0 bridgehead atoms. The molecule has 0 atom stereocenters. The van der Waals surface area contributed by atoms with Crippen molar-refractivity contribution in [2.75, 3.05) is 5.32 Å². The molecule has 4 heterocycles. The van der Waals surface area contributed by atoms with Crippen molar-refractivity contribution >= 4 is 28.2 Å². The number of benzene rings is 1. The maximum Gasteiger partial charge on any atom is 0.297 e. The number of hydrogen-bond acceptors (Lipinski definition) is 9. The molecule has 0 amide bonds. The van der Waals surface area contributed by atoms with Gasteiger partial charge in [-0.15, -0.1) is 5.10 Å². The molecular weight excluding hydrogens is 384 g/mol. The first-order chi connectivity index (χ1) is 14.6. The fraction of sp³-hybridized carbons (Fsp3) is 0.150. The maximum absolute atomic E-state index is 12.2. The van der Waals surface area contributed by atoms with Gasteiger partial charge in [0, 0.05) is 17.5 Å².